The highest BCUT2D eigenvalue weighted by Crippen LogP contribution is 2.54. The van der Waals surface area contributed by atoms with Crippen LogP contribution in [0, 0.1) is 0 Å². The predicted octanol–water partition coefficient (Wildman–Crippen LogP) is 2.08. The quantitative estimate of drug-likeness (QED) is 0.581. The Bertz CT molecular complexity index is 771. The van der Waals surface area contributed by atoms with Crippen LogP contribution < -0.4 is 14.2 Å². The second-order valence-corrected chi connectivity index (χ2v) is 6.76. The number of fused-ring (bicyclic) bond motifs is 6. The monoisotopic (exact) mass is 329 g/mol. The van der Waals surface area contributed by atoms with Crippen LogP contribution in [0.1, 0.15) is 34.7 Å². The highest BCUT2D eigenvalue weighted by Gasteiger charge is 2.49. The van der Waals surface area contributed by atoms with E-state index in [0.29, 0.717) is 22.8 Å². The zero-order valence-corrected chi connectivity index (χ0v) is 13.7. The van der Waals surface area contributed by atoms with Crippen molar-refractivity contribution in [1.82, 2.24) is 4.90 Å². The van der Waals surface area contributed by atoms with E-state index in [1.54, 1.807) is 13.2 Å². The number of hydrogen-bond donors (Lipinski definition) is 0. The highest BCUT2D eigenvalue weighted by atomic mass is 16.7. The van der Waals surface area contributed by atoms with Gasteiger partial charge in [-0.05, 0) is 19.5 Å². The zero-order valence-electron chi connectivity index (χ0n) is 13.7. The van der Waals surface area contributed by atoms with E-state index < -0.39 is 0 Å². The van der Waals surface area contributed by atoms with E-state index >= 15 is 0 Å². The van der Waals surface area contributed by atoms with Gasteiger partial charge in [0.25, 0.3) is 0 Å². The Hall–Kier alpha value is -2.21. The zero-order chi connectivity index (χ0) is 16.4. The lowest BCUT2D eigenvalue weighted by Crippen LogP contribution is -2.45. The minimum absolute atomic E-state index is 0.0645. The summed E-state index contributed by atoms with van der Waals surface area (Å²) >= 11 is 0. The third-order valence-corrected chi connectivity index (χ3v) is 5.63. The SMILES string of the molecule is COc1c2c(cc3c1[C@H]1[C@H]4C(=CC[C@H]1OC3=O)CCN4C)OCO2. The molecule has 126 valence electrons. The molecule has 5 rings (SSSR count). The number of nitrogens with zero attached hydrogens (tertiary/aromatic N) is 1. The van der Waals surface area contributed by atoms with Gasteiger partial charge in [-0.25, -0.2) is 4.79 Å². The van der Waals surface area contributed by atoms with Crippen molar-refractivity contribution in [3.63, 3.8) is 0 Å². The number of likely N-dealkylation sites (tertiary alicyclic amines) is 1. The largest absolute Gasteiger partial charge is 0.492 e. The summed E-state index contributed by atoms with van der Waals surface area (Å²) in [5.74, 6) is 1.53. The Labute approximate surface area is 139 Å². The average molecular weight is 329 g/mol. The summed E-state index contributed by atoms with van der Waals surface area (Å²) in [4.78, 5) is 14.9. The molecule has 0 spiro atoms. The third kappa shape index (κ3) is 1.72. The van der Waals surface area contributed by atoms with Crippen LogP contribution in [0.25, 0.3) is 0 Å². The van der Waals surface area contributed by atoms with Crippen LogP contribution in [-0.2, 0) is 4.74 Å². The van der Waals surface area contributed by atoms with Crippen molar-refractivity contribution in [3.8, 4) is 17.2 Å². The van der Waals surface area contributed by atoms with Crippen molar-refractivity contribution >= 4 is 5.97 Å². The fraction of sp³-hybridized carbons (Fsp3) is 0.500. The van der Waals surface area contributed by atoms with Crippen LogP contribution in [0.5, 0.6) is 17.2 Å². The number of esters is 1. The van der Waals surface area contributed by atoms with Crippen molar-refractivity contribution in [3.05, 3.63) is 28.8 Å². The molecule has 0 bridgehead atoms. The van der Waals surface area contributed by atoms with E-state index in [2.05, 4.69) is 18.0 Å². The number of benzene rings is 1. The molecular formula is C18H19NO5. The van der Waals surface area contributed by atoms with Gasteiger partial charge >= 0.3 is 5.97 Å². The van der Waals surface area contributed by atoms with Gasteiger partial charge in [0, 0.05) is 30.5 Å². The summed E-state index contributed by atoms with van der Waals surface area (Å²) in [7, 11) is 3.74. The van der Waals surface area contributed by atoms with Crippen molar-refractivity contribution < 1.29 is 23.7 Å². The van der Waals surface area contributed by atoms with Crippen LogP contribution in [-0.4, -0.2) is 50.5 Å². The summed E-state index contributed by atoms with van der Waals surface area (Å²) in [5, 5.41) is 0. The molecule has 1 aliphatic carbocycles. The predicted molar refractivity (Wildman–Crippen MR) is 84.8 cm³/mol. The normalized spacial score (nSPS) is 30.2. The van der Waals surface area contributed by atoms with E-state index in [0.717, 1.165) is 24.9 Å². The molecule has 4 aliphatic rings. The number of hydrogen-bond acceptors (Lipinski definition) is 6. The van der Waals surface area contributed by atoms with E-state index in [1.807, 2.05) is 0 Å². The van der Waals surface area contributed by atoms with Gasteiger partial charge in [0.15, 0.2) is 11.5 Å². The third-order valence-electron chi connectivity index (χ3n) is 5.63. The topological polar surface area (TPSA) is 57.2 Å². The second kappa shape index (κ2) is 4.89. The van der Waals surface area contributed by atoms with Crippen LogP contribution in [0.3, 0.4) is 0 Å². The fourth-order valence-corrected chi connectivity index (χ4v) is 4.62. The standard InChI is InChI=1S/C18H19NO5/c1-19-6-5-9-3-4-11-14(15(9)19)13-10(18(20)24-11)7-12-16(17(13)21-2)23-8-22-12/h3,7,11,14-15H,4-6,8H2,1-2H3/t11-,14+,15-/m1/s1. The Kier molecular flexibility index (Phi) is 2.89. The number of rotatable bonds is 1. The first kappa shape index (κ1) is 14.2. The molecule has 3 aliphatic heterocycles. The van der Waals surface area contributed by atoms with Crippen LogP contribution in [0.4, 0.5) is 0 Å². The molecule has 0 saturated carbocycles. The second-order valence-electron chi connectivity index (χ2n) is 6.76. The number of carbonyl (C=O) groups excluding carboxylic acids is 1. The maximum absolute atomic E-state index is 12.6. The molecule has 0 radical (unpaired) electrons. The van der Waals surface area contributed by atoms with E-state index in [1.165, 1.54) is 5.57 Å². The molecule has 24 heavy (non-hydrogen) atoms. The Balaban J connectivity index is 1.75. The number of carbonyl (C=O) groups is 1. The number of methoxy groups -OCH3 is 1. The molecule has 1 aromatic rings. The molecule has 3 heterocycles. The molecule has 1 saturated heterocycles. The number of ether oxygens (including phenoxy) is 4. The maximum Gasteiger partial charge on any atom is 0.339 e. The molecule has 0 unspecified atom stereocenters. The first-order valence-corrected chi connectivity index (χ1v) is 8.29. The summed E-state index contributed by atoms with van der Waals surface area (Å²) in [6.45, 7) is 1.17. The van der Waals surface area contributed by atoms with Gasteiger partial charge in [-0.15, -0.1) is 0 Å². The van der Waals surface area contributed by atoms with E-state index in [9.17, 15) is 4.79 Å². The lowest BCUT2D eigenvalue weighted by Gasteiger charge is -2.42. The minimum atomic E-state index is -0.305. The Morgan fingerprint density at radius 1 is 1.33 bits per heavy atom. The molecular weight excluding hydrogens is 310 g/mol. The van der Waals surface area contributed by atoms with Gasteiger partial charge in [-0.3, -0.25) is 4.90 Å². The van der Waals surface area contributed by atoms with E-state index in [-0.39, 0.29) is 30.8 Å². The van der Waals surface area contributed by atoms with Gasteiger partial charge in [-0.1, -0.05) is 11.6 Å². The lowest BCUT2D eigenvalue weighted by atomic mass is 9.74. The van der Waals surface area contributed by atoms with Gasteiger partial charge in [0.2, 0.25) is 12.5 Å². The fourth-order valence-electron chi connectivity index (χ4n) is 4.62. The first-order valence-electron chi connectivity index (χ1n) is 8.29. The van der Waals surface area contributed by atoms with Crippen LogP contribution in [0.15, 0.2) is 17.7 Å². The van der Waals surface area contributed by atoms with Crippen molar-refractivity contribution in [2.24, 2.45) is 0 Å². The summed E-state index contributed by atoms with van der Waals surface area (Å²) in [6.07, 6.45) is 3.91. The van der Waals surface area contributed by atoms with Gasteiger partial charge < -0.3 is 18.9 Å². The van der Waals surface area contributed by atoms with Gasteiger partial charge in [0.05, 0.1) is 12.7 Å². The first-order chi connectivity index (χ1) is 11.7. The summed E-state index contributed by atoms with van der Waals surface area (Å²) in [6, 6.07) is 1.98. The lowest BCUT2D eigenvalue weighted by molar-refractivity contribution is 0.00861. The smallest absolute Gasteiger partial charge is 0.339 e. The van der Waals surface area contributed by atoms with Gasteiger partial charge in [-0.2, -0.15) is 0 Å². The highest BCUT2D eigenvalue weighted by molar-refractivity contribution is 5.95. The van der Waals surface area contributed by atoms with E-state index in [4.69, 9.17) is 18.9 Å². The molecule has 1 aromatic carbocycles. The maximum atomic E-state index is 12.6. The summed E-state index contributed by atoms with van der Waals surface area (Å²) in [5.41, 5.74) is 2.88. The van der Waals surface area contributed by atoms with Crippen LogP contribution in [0.2, 0.25) is 0 Å². The number of likely N-dealkylation sites (N-methyl/N-ethyl adjacent to an activating group) is 1. The average Bonchev–Trinajstić information content (AvgIpc) is 3.20. The molecule has 1 fully saturated rings. The minimum Gasteiger partial charge on any atom is -0.492 e. The van der Waals surface area contributed by atoms with Crippen molar-refractivity contribution in [2.45, 2.75) is 30.9 Å². The molecule has 6 nitrogen and oxygen atoms in total. The van der Waals surface area contributed by atoms with Gasteiger partial charge in [0.1, 0.15) is 6.10 Å². The Morgan fingerprint density at radius 2 is 2.21 bits per heavy atom. The molecule has 3 atom stereocenters. The Morgan fingerprint density at radius 3 is 3.04 bits per heavy atom. The molecule has 0 amide bonds. The molecule has 0 N–H and O–H groups in total. The van der Waals surface area contributed by atoms with Crippen LogP contribution >= 0.6 is 0 Å². The summed E-state index contributed by atoms with van der Waals surface area (Å²) < 4.78 is 22.5. The van der Waals surface area contributed by atoms with Crippen molar-refractivity contribution in [1.29, 1.82) is 0 Å². The molecule has 0 aromatic heterocycles. The molecule has 6 heteroatoms. The van der Waals surface area contributed by atoms with Crippen molar-refractivity contribution in [2.75, 3.05) is 27.5 Å².